The minimum absolute atomic E-state index is 0.261. The summed E-state index contributed by atoms with van der Waals surface area (Å²) in [5, 5.41) is 5.91. The molecule has 0 saturated carbocycles. The molecule has 0 unspecified atom stereocenters. The molecular weight excluding hydrogens is 377 g/mol. The maximum Gasteiger partial charge on any atom is 0.325 e. The van der Waals surface area contributed by atoms with Crippen molar-refractivity contribution in [3.8, 4) is 0 Å². The number of nitrogens with one attached hydrogen (secondary N) is 2. The average Bonchev–Trinajstić information content (AvgIpc) is 2.82. The summed E-state index contributed by atoms with van der Waals surface area (Å²) < 4.78 is 0. The third-order valence-electron chi connectivity index (χ3n) is 4.13. The number of urea groups is 1. The second-order valence-corrected chi connectivity index (χ2v) is 6.83. The van der Waals surface area contributed by atoms with Crippen molar-refractivity contribution >= 4 is 46.7 Å². The van der Waals surface area contributed by atoms with Gasteiger partial charge in [-0.3, -0.25) is 14.5 Å². The Balaban J connectivity index is 1.74. The number of anilines is 1. The van der Waals surface area contributed by atoms with Gasteiger partial charge < -0.3 is 10.6 Å². The number of nitrogens with zero attached hydrogens (tertiary/aromatic N) is 1. The van der Waals surface area contributed by atoms with E-state index in [4.69, 9.17) is 23.2 Å². The van der Waals surface area contributed by atoms with Crippen LogP contribution in [-0.4, -0.2) is 29.3 Å². The van der Waals surface area contributed by atoms with Gasteiger partial charge in [0.2, 0.25) is 5.91 Å². The smallest absolute Gasteiger partial charge is 0.323 e. The first kappa shape index (κ1) is 18.2. The second-order valence-electron chi connectivity index (χ2n) is 5.98. The van der Waals surface area contributed by atoms with Gasteiger partial charge >= 0.3 is 6.03 Å². The zero-order valence-corrected chi connectivity index (χ0v) is 15.3. The summed E-state index contributed by atoms with van der Waals surface area (Å²) in [6.07, 6.45) is 0. The maximum atomic E-state index is 12.8. The highest BCUT2D eigenvalue weighted by Gasteiger charge is 2.49. The average molecular weight is 392 g/mol. The van der Waals surface area contributed by atoms with Crippen LogP contribution in [0.25, 0.3) is 0 Å². The van der Waals surface area contributed by atoms with Crippen molar-refractivity contribution in [2.75, 3.05) is 11.9 Å². The predicted molar refractivity (Wildman–Crippen MR) is 99.1 cm³/mol. The lowest BCUT2D eigenvalue weighted by molar-refractivity contribution is -0.133. The quantitative estimate of drug-likeness (QED) is 0.783. The standard InChI is InChI=1S/C18H15Cl2N3O3/c1-18(11-5-3-2-4-6-11)16(25)23(17(26)22-18)10-15(24)21-14-8-7-12(19)9-13(14)20/h2-9H,10H2,1H3,(H,21,24)(H,22,26)/t18-/m1/s1. The van der Waals surface area contributed by atoms with Crippen LogP contribution >= 0.6 is 23.2 Å². The SMILES string of the molecule is C[C@]1(c2ccccc2)NC(=O)N(CC(=O)Nc2ccc(Cl)cc2Cl)C1=O. The lowest BCUT2D eigenvalue weighted by Crippen LogP contribution is -2.42. The molecule has 1 heterocycles. The van der Waals surface area contributed by atoms with Crippen molar-refractivity contribution in [1.82, 2.24) is 10.2 Å². The topological polar surface area (TPSA) is 78.5 Å². The van der Waals surface area contributed by atoms with Gasteiger partial charge in [-0.1, -0.05) is 53.5 Å². The molecule has 1 fully saturated rings. The number of amides is 4. The first-order valence-electron chi connectivity index (χ1n) is 7.76. The summed E-state index contributed by atoms with van der Waals surface area (Å²) in [5.41, 5.74) is -0.225. The number of halogens is 2. The van der Waals surface area contributed by atoms with Gasteiger partial charge in [0, 0.05) is 5.02 Å². The number of benzene rings is 2. The summed E-state index contributed by atoms with van der Waals surface area (Å²) in [4.78, 5) is 38.1. The number of imide groups is 1. The van der Waals surface area contributed by atoms with Crippen LogP contribution in [0, 0.1) is 0 Å². The van der Waals surface area contributed by atoms with Crippen molar-refractivity contribution in [2.45, 2.75) is 12.5 Å². The molecule has 1 atom stereocenters. The zero-order chi connectivity index (χ0) is 18.9. The first-order valence-corrected chi connectivity index (χ1v) is 8.51. The molecule has 2 aromatic carbocycles. The molecule has 4 amide bonds. The fraction of sp³-hybridized carbons (Fsp3) is 0.167. The highest BCUT2D eigenvalue weighted by molar-refractivity contribution is 6.36. The van der Waals surface area contributed by atoms with Crippen LogP contribution in [0.5, 0.6) is 0 Å². The highest BCUT2D eigenvalue weighted by Crippen LogP contribution is 2.29. The van der Waals surface area contributed by atoms with E-state index in [1.54, 1.807) is 43.3 Å². The van der Waals surface area contributed by atoms with Crippen molar-refractivity contribution in [3.63, 3.8) is 0 Å². The molecule has 3 rings (SSSR count). The minimum atomic E-state index is -1.21. The van der Waals surface area contributed by atoms with Crippen LogP contribution in [0.1, 0.15) is 12.5 Å². The van der Waals surface area contributed by atoms with Gasteiger partial charge in [-0.05, 0) is 30.7 Å². The van der Waals surface area contributed by atoms with E-state index < -0.39 is 29.9 Å². The van der Waals surface area contributed by atoms with Crippen LogP contribution in [-0.2, 0) is 15.1 Å². The molecule has 0 aromatic heterocycles. The van der Waals surface area contributed by atoms with Gasteiger partial charge in [0.1, 0.15) is 12.1 Å². The van der Waals surface area contributed by atoms with Crippen LogP contribution in [0.2, 0.25) is 10.0 Å². The number of hydrogen-bond acceptors (Lipinski definition) is 3. The Hall–Kier alpha value is -2.57. The summed E-state index contributed by atoms with van der Waals surface area (Å²) in [6, 6.07) is 12.8. The molecule has 0 aliphatic carbocycles. The molecule has 0 radical (unpaired) electrons. The van der Waals surface area contributed by atoms with E-state index in [2.05, 4.69) is 10.6 Å². The molecular formula is C18H15Cl2N3O3. The van der Waals surface area contributed by atoms with E-state index >= 15 is 0 Å². The first-order chi connectivity index (χ1) is 12.3. The maximum absolute atomic E-state index is 12.8. The minimum Gasteiger partial charge on any atom is -0.323 e. The Kier molecular flexibility index (Phi) is 4.89. The van der Waals surface area contributed by atoms with E-state index in [9.17, 15) is 14.4 Å². The molecule has 1 saturated heterocycles. The monoisotopic (exact) mass is 391 g/mol. The van der Waals surface area contributed by atoms with Gasteiger partial charge in [0.25, 0.3) is 5.91 Å². The predicted octanol–water partition coefficient (Wildman–Crippen LogP) is 3.40. The third-order valence-corrected chi connectivity index (χ3v) is 4.68. The van der Waals surface area contributed by atoms with E-state index in [1.807, 2.05) is 6.07 Å². The van der Waals surface area contributed by atoms with Gasteiger partial charge in [-0.2, -0.15) is 0 Å². The number of carbonyl (C=O) groups excluding carboxylic acids is 3. The summed E-state index contributed by atoms with van der Waals surface area (Å²) in [7, 11) is 0. The summed E-state index contributed by atoms with van der Waals surface area (Å²) in [6.45, 7) is 1.18. The van der Waals surface area contributed by atoms with Crippen LogP contribution in [0.15, 0.2) is 48.5 Å². The largest absolute Gasteiger partial charge is 0.325 e. The molecule has 2 aromatic rings. The zero-order valence-electron chi connectivity index (χ0n) is 13.8. The molecule has 0 bridgehead atoms. The Labute approximate surface area is 160 Å². The molecule has 1 aliphatic heterocycles. The van der Waals surface area contributed by atoms with Gasteiger partial charge in [0.15, 0.2) is 0 Å². The van der Waals surface area contributed by atoms with E-state index in [0.29, 0.717) is 16.3 Å². The molecule has 8 heteroatoms. The highest BCUT2D eigenvalue weighted by atomic mass is 35.5. The van der Waals surface area contributed by atoms with Crippen molar-refractivity contribution in [3.05, 3.63) is 64.1 Å². The van der Waals surface area contributed by atoms with Crippen molar-refractivity contribution in [2.24, 2.45) is 0 Å². The Morgan fingerprint density at radius 1 is 1.15 bits per heavy atom. The Bertz CT molecular complexity index is 889. The molecule has 1 aliphatic rings. The van der Waals surface area contributed by atoms with Crippen LogP contribution in [0.4, 0.5) is 10.5 Å². The van der Waals surface area contributed by atoms with Crippen molar-refractivity contribution in [1.29, 1.82) is 0 Å². The summed E-state index contributed by atoms with van der Waals surface area (Å²) >= 11 is 11.8. The Morgan fingerprint density at radius 3 is 2.50 bits per heavy atom. The fourth-order valence-electron chi connectivity index (χ4n) is 2.73. The summed E-state index contributed by atoms with van der Waals surface area (Å²) in [5.74, 6) is -1.04. The van der Waals surface area contributed by atoms with E-state index in [1.165, 1.54) is 6.07 Å². The third kappa shape index (κ3) is 3.38. The number of hydrogen-bond donors (Lipinski definition) is 2. The number of carbonyl (C=O) groups is 3. The lowest BCUT2D eigenvalue weighted by Gasteiger charge is -2.22. The Morgan fingerprint density at radius 2 is 1.85 bits per heavy atom. The molecule has 134 valence electrons. The molecule has 0 spiro atoms. The van der Waals surface area contributed by atoms with Crippen LogP contribution in [0.3, 0.4) is 0 Å². The van der Waals surface area contributed by atoms with Crippen LogP contribution < -0.4 is 10.6 Å². The fourth-order valence-corrected chi connectivity index (χ4v) is 3.19. The molecule has 6 nitrogen and oxygen atoms in total. The lowest BCUT2D eigenvalue weighted by atomic mass is 9.92. The van der Waals surface area contributed by atoms with E-state index in [-0.39, 0.29) is 5.02 Å². The van der Waals surface area contributed by atoms with Gasteiger partial charge in [-0.15, -0.1) is 0 Å². The van der Waals surface area contributed by atoms with E-state index in [0.717, 1.165) is 4.90 Å². The van der Waals surface area contributed by atoms with Crippen molar-refractivity contribution < 1.29 is 14.4 Å². The molecule has 26 heavy (non-hydrogen) atoms. The van der Waals surface area contributed by atoms with Gasteiger partial charge in [0.05, 0.1) is 10.7 Å². The normalized spacial score (nSPS) is 19.4. The number of rotatable bonds is 4. The second kappa shape index (κ2) is 6.97. The molecule has 2 N–H and O–H groups in total. The van der Waals surface area contributed by atoms with Gasteiger partial charge in [-0.25, -0.2) is 4.79 Å².